The smallest absolute Gasteiger partial charge is 0.240 e. The van der Waals surface area contributed by atoms with Crippen LogP contribution >= 0.6 is 11.3 Å². The van der Waals surface area contributed by atoms with Gasteiger partial charge in [-0.1, -0.05) is 30.3 Å². The number of nitrogens with zero attached hydrogens (tertiary/aromatic N) is 2. The van der Waals surface area contributed by atoms with Gasteiger partial charge in [-0.15, -0.1) is 11.3 Å². The molecule has 174 valence electrons. The van der Waals surface area contributed by atoms with Crippen molar-refractivity contribution in [1.29, 1.82) is 0 Å². The highest BCUT2D eigenvalue weighted by Crippen LogP contribution is 2.35. The normalized spacial score (nSPS) is 15.7. The van der Waals surface area contributed by atoms with Crippen molar-refractivity contribution in [2.75, 3.05) is 39.2 Å². The lowest BCUT2D eigenvalue weighted by molar-refractivity contribution is -0.117. The molecule has 1 atom stereocenters. The molecule has 3 aromatic rings. The molecule has 1 amide bonds. The van der Waals surface area contributed by atoms with Gasteiger partial charge in [0.25, 0.3) is 0 Å². The predicted molar refractivity (Wildman–Crippen MR) is 130 cm³/mol. The maximum Gasteiger partial charge on any atom is 0.240 e. The first kappa shape index (κ1) is 23.2. The summed E-state index contributed by atoms with van der Waals surface area (Å²) in [6.07, 6.45) is 1.27. The Morgan fingerprint density at radius 3 is 2.64 bits per heavy atom. The number of nitrogens with one attached hydrogen (secondary N) is 1. The number of piperidine rings is 1. The summed E-state index contributed by atoms with van der Waals surface area (Å²) >= 11 is 1.38. The number of hydrogen-bond donors (Lipinski definition) is 2. The Balaban J connectivity index is 1.29. The van der Waals surface area contributed by atoms with Crippen LogP contribution in [0.25, 0.3) is 11.3 Å². The molecule has 2 N–H and O–H groups in total. The zero-order valence-electron chi connectivity index (χ0n) is 18.9. The summed E-state index contributed by atoms with van der Waals surface area (Å²) in [6.45, 7) is 1.89. The number of aliphatic hydroxyl groups excluding tert-OH is 1. The number of ether oxygens (including phenoxy) is 2. The van der Waals surface area contributed by atoms with Crippen LogP contribution in [0.3, 0.4) is 0 Å². The topological polar surface area (TPSA) is 83.9 Å². The van der Waals surface area contributed by atoms with Crippen LogP contribution in [0, 0.1) is 5.92 Å². The van der Waals surface area contributed by atoms with Crippen molar-refractivity contribution in [3.63, 3.8) is 0 Å². The highest BCUT2D eigenvalue weighted by Gasteiger charge is 2.27. The summed E-state index contributed by atoms with van der Waals surface area (Å²) in [4.78, 5) is 19.3. The summed E-state index contributed by atoms with van der Waals surface area (Å²) in [5, 5.41) is 16.0. The van der Waals surface area contributed by atoms with Gasteiger partial charge in [0, 0.05) is 17.0 Å². The summed E-state index contributed by atoms with van der Waals surface area (Å²) < 4.78 is 10.7. The summed E-state index contributed by atoms with van der Waals surface area (Å²) in [5.74, 6) is 1.50. The Kier molecular flexibility index (Phi) is 7.59. The van der Waals surface area contributed by atoms with Crippen molar-refractivity contribution < 1.29 is 19.4 Å². The molecular weight excluding hydrogens is 438 g/mol. The Morgan fingerprint density at radius 1 is 1.18 bits per heavy atom. The minimum Gasteiger partial charge on any atom is -0.497 e. The van der Waals surface area contributed by atoms with E-state index in [9.17, 15) is 9.90 Å². The lowest BCUT2D eigenvalue weighted by atomic mass is 9.87. The molecule has 2 heterocycles. The minimum atomic E-state index is -0.453. The molecule has 1 aromatic heterocycles. The first-order chi connectivity index (χ1) is 16.1. The van der Waals surface area contributed by atoms with E-state index < -0.39 is 6.10 Å². The number of aliphatic hydroxyl groups is 1. The molecule has 8 heteroatoms. The molecule has 0 aliphatic carbocycles. The molecule has 1 aliphatic rings. The molecule has 2 aromatic carbocycles. The molecule has 4 rings (SSSR count). The molecule has 1 fully saturated rings. The van der Waals surface area contributed by atoms with Crippen LogP contribution in [0.4, 0.5) is 5.13 Å². The average Bonchev–Trinajstić information content (AvgIpc) is 3.32. The van der Waals surface area contributed by atoms with Gasteiger partial charge in [0.15, 0.2) is 5.13 Å². The zero-order valence-corrected chi connectivity index (χ0v) is 19.7. The molecule has 0 bridgehead atoms. The minimum absolute atomic E-state index is 0.0837. The third kappa shape index (κ3) is 5.71. The van der Waals surface area contributed by atoms with Crippen molar-refractivity contribution in [2.24, 2.45) is 5.92 Å². The first-order valence-corrected chi connectivity index (χ1v) is 11.9. The summed E-state index contributed by atoms with van der Waals surface area (Å²) in [6, 6.07) is 15.4. The standard InChI is InChI=1S/C25H29N3O4S/c1-31-19-8-9-20(22(14-19)32-2)21-16-33-25(26-21)27-23(29)15-28-12-10-18(11-13-28)24(30)17-6-4-3-5-7-17/h3-9,14,16,18,24,30H,10-13,15H2,1-2H3,(H,26,27,29). The number of benzene rings is 2. The number of carbonyl (C=O) groups is 1. The van der Waals surface area contributed by atoms with E-state index >= 15 is 0 Å². The molecule has 33 heavy (non-hydrogen) atoms. The lowest BCUT2D eigenvalue weighted by Crippen LogP contribution is -2.40. The quantitative estimate of drug-likeness (QED) is 0.516. The predicted octanol–water partition coefficient (Wildman–Crippen LogP) is 4.21. The van der Waals surface area contributed by atoms with E-state index in [-0.39, 0.29) is 11.8 Å². The number of hydrogen-bond acceptors (Lipinski definition) is 7. The van der Waals surface area contributed by atoms with Crippen LogP contribution in [-0.2, 0) is 4.79 Å². The Bertz CT molecular complexity index is 1060. The molecule has 1 unspecified atom stereocenters. The van der Waals surface area contributed by atoms with Crippen LogP contribution in [0.15, 0.2) is 53.9 Å². The number of rotatable bonds is 8. The fraction of sp³-hybridized carbons (Fsp3) is 0.360. The van der Waals surface area contributed by atoms with Crippen molar-refractivity contribution >= 4 is 22.4 Å². The molecular formula is C25H29N3O4S. The third-order valence-electron chi connectivity index (χ3n) is 6.02. The monoisotopic (exact) mass is 467 g/mol. The van der Waals surface area contributed by atoms with Crippen LogP contribution in [-0.4, -0.2) is 54.8 Å². The van der Waals surface area contributed by atoms with Gasteiger partial charge in [-0.3, -0.25) is 9.69 Å². The van der Waals surface area contributed by atoms with Crippen molar-refractivity contribution in [2.45, 2.75) is 18.9 Å². The maximum absolute atomic E-state index is 12.6. The van der Waals surface area contributed by atoms with E-state index in [0.29, 0.717) is 23.2 Å². The zero-order chi connectivity index (χ0) is 23.2. The van der Waals surface area contributed by atoms with Crippen LogP contribution in [0.5, 0.6) is 11.5 Å². The van der Waals surface area contributed by atoms with Crippen molar-refractivity contribution in [3.8, 4) is 22.8 Å². The Hall–Kier alpha value is -2.94. The molecule has 1 aliphatic heterocycles. The number of amides is 1. The summed E-state index contributed by atoms with van der Waals surface area (Å²) in [7, 11) is 3.22. The Labute approximate surface area is 198 Å². The van der Waals surface area contributed by atoms with Crippen LogP contribution < -0.4 is 14.8 Å². The van der Waals surface area contributed by atoms with Gasteiger partial charge >= 0.3 is 0 Å². The van der Waals surface area contributed by atoms with E-state index in [4.69, 9.17) is 9.47 Å². The number of methoxy groups -OCH3 is 2. The van der Waals surface area contributed by atoms with Crippen molar-refractivity contribution in [3.05, 3.63) is 59.5 Å². The largest absolute Gasteiger partial charge is 0.497 e. The highest BCUT2D eigenvalue weighted by atomic mass is 32.1. The molecule has 0 radical (unpaired) electrons. The van der Waals surface area contributed by atoms with E-state index in [0.717, 1.165) is 42.8 Å². The van der Waals surface area contributed by atoms with Gasteiger partial charge in [0.2, 0.25) is 5.91 Å². The van der Waals surface area contributed by atoms with Gasteiger partial charge in [-0.2, -0.15) is 0 Å². The van der Waals surface area contributed by atoms with E-state index in [1.165, 1.54) is 11.3 Å². The maximum atomic E-state index is 12.6. The molecule has 7 nitrogen and oxygen atoms in total. The number of anilines is 1. The average molecular weight is 468 g/mol. The molecule has 1 saturated heterocycles. The molecule has 0 spiro atoms. The highest BCUT2D eigenvalue weighted by molar-refractivity contribution is 7.14. The summed E-state index contributed by atoms with van der Waals surface area (Å²) in [5.41, 5.74) is 2.54. The number of carbonyl (C=O) groups excluding carboxylic acids is 1. The molecule has 0 saturated carbocycles. The Morgan fingerprint density at radius 2 is 1.94 bits per heavy atom. The van der Waals surface area contributed by atoms with E-state index in [2.05, 4.69) is 15.2 Å². The van der Waals surface area contributed by atoms with Gasteiger partial charge in [0.1, 0.15) is 11.5 Å². The van der Waals surface area contributed by atoms with E-state index in [1.807, 2.05) is 53.9 Å². The fourth-order valence-electron chi connectivity index (χ4n) is 4.18. The number of thiazole rings is 1. The van der Waals surface area contributed by atoms with Gasteiger partial charge in [-0.25, -0.2) is 4.98 Å². The van der Waals surface area contributed by atoms with E-state index in [1.54, 1.807) is 14.2 Å². The second-order valence-corrected chi connectivity index (χ2v) is 8.98. The fourth-order valence-corrected chi connectivity index (χ4v) is 4.90. The van der Waals surface area contributed by atoms with Crippen molar-refractivity contribution in [1.82, 2.24) is 9.88 Å². The lowest BCUT2D eigenvalue weighted by Gasteiger charge is -2.33. The number of likely N-dealkylation sites (tertiary alicyclic amines) is 1. The van der Waals surface area contributed by atoms with Crippen LogP contribution in [0.2, 0.25) is 0 Å². The second-order valence-electron chi connectivity index (χ2n) is 8.12. The van der Waals surface area contributed by atoms with Gasteiger partial charge in [-0.05, 0) is 49.5 Å². The SMILES string of the molecule is COc1ccc(-c2csc(NC(=O)CN3CCC(C(O)c4ccccc4)CC3)n2)c(OC)c1. The third-order valence-corrected chi connectivity index (χ3v) is 6.78. The second kappa shape index (κ2) is 10.8. The number of aromatic nitrogens is 1. The first-order valence-electron chi connectivity index (χ1n) is 11.0. The van der Waals surface area contributed by atoms with Gasteiger partial charge in [0.05, 0.1) is 32.6 Å². The van der Waals surface area contributed by atoms with Gasteiger partial charge < -0.3 is 19.9 Å². The van der Waals surface area contributed by atoms with Crippen LogP contribution in [0.1, 0.15) is 24.5 Å².